The van der Waals surface area contributed by atoms with Crippen LogP contribution in [0.2, 0.25) is 5.15 Å². The lowest BCUT2D eigenvalue weighted by Crippen LogP contribution is -2.36. The van der Waals surface area contributed by atoms with Gasteiger partial charge in [-0.25, -0.2) is 9.18 Å². The molecule has 1 N–H and O–H groups in total. The average molecular weight is 269 g/mol. The van der Waals surface area contributed by atoms with E-state index in [1.54, 1.807) is 6.07 Å². The van der Waals surface area contributed by atoms with E-state index in [0.717, 1.165) is 4.57 Å². The minimum absolute atomic E-state index is 0.00390. The second-order valence-electron chi connectivity index (χ2n) is 3.89. The fourth-order valence-electron chi connectivity index (χ4n) is 1.61. The van der Waals surface area contributed by atoms with Crippen molar-refractivity contribution in [2.24, 2.45) is 0 Å². The zero-order chi connectivity index (χ0) is 13.3. The van der Waals surface area contributed by atoms with Gasteiger partial charge in [0.15, 0.2) is 0 Å². The zero-order valence-corrected chi connectivity index (χ0v) is 10.3. The molecule has 94 valence electrons. The van der Waals surface area contributed by atoms with E-state index in [2.05, 4.69) is 4.98 Å². The summed E-state index contributed by atoms with van der Waals surface area (Å²) >= 11 is 5.69. The third-order valence-corrected chi connectivity index (χ3v) is 2.96. The Morgan fingerprint density at radius 3 is 2.78 bits per heavy atom. The van der Waals surface area contributed by atoms with E-state index in [-0.39, 0.29) is 17.3 Å². The van der Waals surface area contributed by atoms with Gasteiger partial charge < -0.3 is 0 Å². The molecule has 1 aromatic carbocycles. The summed E-state index contributed by atoms with van der Waals surface area (Å²) in [5, 5.41) is 0.0282. The van der Waals surface area contributed by atoms with Crippen molar-refractivity contribution in [3.05, 3.63) is 67.2 Å². The standard InChI is InChI=1S/C12H10ClFN2O2/c1-7-10(13)15-12(18)16(11(7)17)6-8-3-2-4-9(14)5-8/h2-5H,6H2,1H3,(H,15,18). The van der Waals surface area contributed by atoms with E-state index < -0.39 is 17.1 Å². The van der Waals surface area contributed by atoms with Crippen LogP contribution in [0.25, 0.3) is 0 Å². The monoisotopic (exact) mass is 268 g/mol. The molecule has 0 fully saturated rings. The molecule has 0 saturated heterocycles. The van der Waals surface area contributed by atoms with Gasteiger partial charge in [-0.1, -0.05) is 23.7 Å². The highest BCUT2D eigenvalue weighted by Gasteiger charge is 2.09. The van der Waals surface area contributed by atoms with E-state index in [0.29, 0.717) is 5.56 Å². The molecule has 0 radical (unpaired) electrons. The van der Waals surface area contributed by atoms with Gasteiger partial charge in [0.25, 0.3) is 5.56 Å². The number of aromatic nitrogens is 2. The lowest BCUT2D eigenvalue weighted by Gasteiger charge is -2.06. The first-order chi connectivity index (χ1) is 8.49. The molecule has 0 aliphatic rings. The number of nitrogens with zero attached hydrogens (tertiary/aromatic N) is 1. The van der Waals surface area contributed by atoms with Crippen molar-refractivity contribution in [2.45, 2.75) is 13.5 Å². The first-order valence-electron chi connectivity index (χ1n) is 5.22. The van der Waals surface area contributed by atoms with Gasteiger partial charge >= 0.3 is 5.69 Å². The molecule has 18 heavy (non-hydrogen) atoms. The molecule has 0 aliphatic heterocycles. The van der Waals surface area contributed by atoms with Crippen LogP contribution in [0.1, 0.15) is 11.1 Å². The van der Waals surface area contributed by atoms with Crippen molar-refractivity contribution in [3.63, 3.8) is 0 Å². The maximum absolute atomic E-state index is 13.0. The molecule has 4 nitrogen and oxygen atoms in total. The predicted octanol–water partition coefficient (Wildman–Crippen LogP) is 1.69. The van der Waals surface area contributed by atoms with Gasteiger partial charge in [-0.15, -0.1) is 0 Å². The van der Waals surface area contributed by atoms with Gasteiger partial charge in [-0.05, 0) is 24.6 Å². The number of rotatable bonds is 2. The molecule has 2 rings (SSSR count). The molecule has 0 bridgehead atoms. The smallest absolute Gasteiger partial charge is 0.297 e. The fourth-order valence-corrected chi connectivity index (χ4v) is 1.77. The highest BCUT2D eigenvalue weighted by atomic mass is 35.5. The third-order valence-electron chi connectivity index (χ3n) is 2.59. The summed E-state index contributed by atoms with van der Waals surface area (Å²) in [6.07, 6.45) is 0. The van der Waals surface area contributed by atoms with Crippen LogP contribution in [-0.4, -0.2) is 9.55 Å². The minimum atomic E-state index is -0.611. The number of benzene rings is 1. The van der Waals surface area contributed by atoms with Gasteiger partial charge in [0.1, 0.15) is 11.0 Å². The molecule has 0 atom stereocenters. The summed E-state index contributed by atoms with van der Waals surface area (Å²) < 4.78 is 14.0. The van der Waals surface area contributed by atoms with Crippen LogP contribution >= 0.6 is 11.6 Å². The summed E-state index contributed by atoms with van der Waals surface area (Å²) in [5.41, 5.74) is -0.301. The molecule has 2 aromatic rings. The summed E-state index contributed by atoms with van der Waals surface area (Å²) in [6, 6.07) is 5.73. The van der Waals surface area contributed by atoms with Crippen LogP contribution in [-0.2, 0) is 6.54 Å². The quantitative estimate of drug-likeness (QED) is 0.843. The van der Waals surface area contributed by atoms with Crippen molar-refractivity contribution in [3.8, 4) is 0 Å². The molecule has 6 heteroatoms. The normalized spacial score (nSPS) is 10.6. The van der Waals surface area contributed by atoms with E-state index in [9.17, 15) is 14.0 Å². The number of hydrogen-bond donors (Lipinski definition) is 1. The minimum Gasteiger partial charge on any atom is -0.297 e. The molecular formula is C12H10ClFN2O2. The van der Waals surface area contributed by atoms with Crippen molar-refractivity contribution < 1.29 is 4.39 Å². The number of H-pyrrole nitrogens is 1. The van der Waals surface area contributed by atoms with Crippen molar-refractivity contribution in [1.82, 2.24) is 9.55 Å². The highest BCUT2D eigenvalue weighted by Crippen LogP contribution is 2.06. The topological polar surface area (TPSA) is 54.9 Å². The fraction of sp³-hybridized carbons (Fsp3) is 0.167. The number of hydrogen-bond acceptors (Lipinski definition) is 2. The Bertz CT molecular complexity index is 706. The second kappa shape index (κ2) is 4.78. The largest absolute Gasteiger partial charge is 0.329 e. The summed E-state index contributed by atoms with van der Waals surface area (Å²) in [4.78, 5) is 25.9. The van der Waals surface area contributed by atoms with Crippen LogP contribution in [0.3, 0.4) is 0 Å². The van der Waals surface area contributed by atoms with Crippen LogP contribution < -0.4 is 11.2 Å². The first-order valence-corrected chi connectivity index (χ1v) is 5.60. The van der Waals surface area contributed by atoms with E-state index in [4.69, 9.17) is 11.6 Å². The third kappa shape index (κ3) is 2.36. The Kier molecular flexibility index (Phi) is 3.34. The Balaban J connectivity index is 2.51. The molecule has 0 saturated carbocycles. The second-order valence-corrected chi connectivity index (χ2v) is 4.27. The number of nitrogens with one attached hydrogen (secondary N) is 1. The molecule has 0 amide bonds. The number of aromatic amines is 1. The summed E-state index contributed by atoms with van der Waals surface area (Å²) in [7, 11) is 0. The summed E-state index contributed by atoms with van der Waals surface area (Å²) in [6.45, 7) is 1.52. The maximum Gasteiger partial charge on any atom is 0.329 e. The van der Waals surface area contributed by atoms with Crippen LogP contribution in [0.4, 0.5) is 4.39 Å². The molecular weight excluding hydrogens is 259 g/mol. The van der Waals surface area contributed by atoms with Gasteiger partial charge in [0, 0.05) is 5.56 Å². The van der Waals surface area contributed by atoms with Gasteiger partial charge in [0.2, 0.25) is 0 Å². The van der Waals surface area contributed by atoms with Crippen LogP contribution in [0.15, 0.2) is 33.9 Å². The van der Waals surface area contributed by atoms with E-state index >= 15 is 0 Å². The maximum atomic E-state index is 13.0. The Morgan fingerprint density at radius 2 is 2.11 bits per heavy atom. The average Bonchev–Trinajstić information content (AvgIpc) is 2.32. The lowest BCUT2D eigenvalue weighted by atomic mass is 10.2. The van der Waals surface area contributed by atoms with Crippen molar-refractivity contribution >= 4 is 11.6 Å². The van der Waals surface area contributed by atoms with Crippen LogP contribution in [0, 0.1) is 12.7 Å². The Hall–Kier alpha value is -1.88. The molecule has 1 aromatic heterocycles. The lowest BCUT2D eigenvalue weighted by molar-refractivity contribution is 0.620. The Morgan fingerprint density at radius 1 is 1.39 bits per heavy atom. The van der Waals surface area contributed by atoms with Gasteiger partial charge in [0.05, 0.1) is 6.54 Å². The zero-order valence-electron chi connectivity index (χ0n) is 9.54. The van der Waals surface area contributed by atoms with Crippen LogP contribution in [0.5, 0.6) is 0 Å². The molecule has 0 aliphatic carbocycles. The summed E-state index contributed by atoms with van der Waals surface area (Å²) in [5.74, 6) is -0.414. The first kappa shape index (κ1) is 12.6. The predicted molar refractivity (Wildman–Crippen MR) is 66.6 cm³/mol. The van der Waals surface area contributed by atoms with Crippen molar-refractivity contribution in [1.29, 1.82) is 0 Å². The Labute approximate surface area is 107 Å². The van der Waals surface area contributed by atoms with Crippen molar-refractivity contribution in [2.75, 3.05) is 0 Å². The van der Waals surface area contributed by atoms with E-state index in [1.165, 1.54) is 25.1 Å². The highest BCUT2D eigenvalue weighted by molar-refractivity contribution is 6.30. The molecule has 0 spiro atoms. The van der Waals surface area contributed by atoms with Gasteiger partial charge in [-0.2, -0.15) is 0 Å². The molecule has 0 unspecified atom stereocenters. The number of halogens is 2. The SMILES string of the molecule is Cc1c(Cl)[nH]c(=O)n(Cc2cccc(F)c2)c1=O. The molecule has 1 heterocycles. The van der Waals surface area contributed by atoms with E-state index in [1.807, 2.05) is 0 Å². The van der Waals surface area contributed by atoms with Gasteiger partial charge in [-0.3, -0.25) is 14.3 Å².